The topological polar surface area (TPSA) is 21.7 Å². The van der Waals surface area contributed by atoms with E-state index in [9.17, 15) is 0 Å². The minimum absolute atomic E-state index is 0.516. The Bertz CT molecular complexity index is 668. The average molecular weight is 656 g/mol. The van der Waals surface area contributed by atoms with Crippen LogP contribution in [0.25, 0.3) is 0 Å². The Kier molecular flexibility index (Phi) is 35.1. The zero-order chi connectivity index (χ0) is 33.6. The minimum atomic E-state index is 0.516. The lowest BCUT2D eigenvalue weighted by Gasteiger charge is -2.23. The van der Waals surface area contributed by atoms with Crippen molar-refractivity contribution < 1.29 is 9.47 Å². The molecule has 1 saturated heterocycles. The fourth-order valence-electron chi connectivity index (χ4n) is 6.37. The van der Waals surface area contributed by atoms with Crippen LogP contribution in [-0.4, -0.2) is 51.0 Å². The zero-order valence-corrected chi connectivity index (χ0v) is 31.8. The van der Waals surface area contributed by atoms with Crippen LogP contribution in [0.2, 0.25) is 0 Å². The maximum Gasteiger partial charge on any atom is 0.0528 e. The molecule has 1 fully saturated rings. The van der Waals surface area contributed by atoms with E-state index in [1.165, 1.54) is 167 Å². The molecule has 1 rings (SSSR count). The molecule has 3 nitrogen and oxygen atoms in total. The lowest BCUT2D eigenvalue weighted by atomic mass is 10.1. The fraction of sp³-hybridized carbons (Fsp3) is 0.818. The second-order valence-electron chi connectivity index (χ2n) is 14.2. The summed E-state index contributed by atoms with van der Waals surface area (Å²) in [6.45, 7) is 11.8. The van der Waals surface area contributed by atoms with Crippen LogP contribution in [0.15, 0.2) is 48.6 Å². The van der Waals surface area contributed by atoms with Crippen LogP contribution in [0.5, 0.6) is 0 Å². The Balaban J connectivity index is 1.96. The van der Waals surface area contributed by atoms with Crippen molar-refractivity contribution in [2.45, 2.75) is 181 Å². The third-order valence-corrected chi connectivity index (χ3v) is 9.40. The second-order valence-corrected chi connectivity index (χ2v) is 14.2. The molecular weight excluding hydrogens is 574 g/mol. The van der Waals surface area contributed by atoms with E-state index >= 15 is 0 Å². The summed E-state index contributed by atoms with van der Waals surface area (Å²) in [5, 5.41) is 0. The van der Waals surface area contributed by atoms with Crippen LogP contribution >= 0.6 is 0 Å². The van der Waals surface area contributed by atoms with E-state index in [0.717, 1.165) is 45.8 Å². The molecule has 1 atom stereocenters. The van der Waals surface area contributed by atoms with Gasteiger partial charge in [-0.2, -0.15) is 0 Å². The molecule has 0 N–H and O–H groups in total. The first-order chi connectivity index (χ1) is 23.4. The first-order valence-electron chi connectivity index (χ1n) is 20.8. The molecule has 0 amide bonds. The number of allylic oxidation sites excluding steroid dienone is 8. The van der Waals surface area contributed by atoms with Crippen LogP contribution in [-0.2, 0) is 9.47 Å². The lowest BCUT2D eigenvalue weighted by molar-refractivity contribution is 0.0247. The summed E-state index contributed by atoms with van der Waals surface area (Å²) in [6, 6.07) is 0. The van der Waals surface area contributed by atoms with Gasteiger partial charge in [-0.05, 0) is 103 Å². The molecule has 0 saturated carbocycles. The Morgan fingerprint density at radius 3 is 1.21 bits per heavy atom. The lowest BCUT2D eigenvalue weighted by Crippen LogP contribution is -2.32. The predicted octanol–water partition coefficient (Wildman–Crippen LogP) is 13.4. The van der Waals surface area contributed by atoms with Crippen molar-refractivity contribution in [3.05, 3.63) is 48.6 Å². The normalized spacial score (nSPS) is 15.1. The summed E-state index contributed by atoms with van der Waals surface area (Å²) < 4.78 is 12.4. The van der Waals surface area contributed by atoms with Gasteiger partial charge in [0.1, 0.15) is 0 Å². The molecule has 1 aliphatic heterocycles. The first-order valence-corrected chi connectivity index (χ1v) is 20.8. The van der Waals surface area contributed by atoms with E-state index in [-0.39, 0.29) is 0 Å². The van der Waals surface area contributed by atoms with Crippen molar-refractivity contribution in [1.29, 1.82) is 0 Å². The Morgan fingerprint density at radius 2 is 0.809 bits per heavy atom. The highest BCUT2D eigenvalue weighted by molar-refractivity contribution is 4.93. The molecule has 274 valence electrons. The van der Waals surface area contributed by atoms with Crippen molar-refractivity contribution in [2.24, 2.45) is 5.92 Å². The van der Waals surface area contributed by atoms with Crippen molar-refractivity contribution in [3.8, 4) is 0 Å². The molecule has 0 aromatic heterocycles. The van der Waals surface area contributed by atoms with Gasteiger partial charge in [0.15, 0.2) is 0 Å². The SMILES string of the molecule is CCCCC/C=C\C/C=C\CCCCCCCCOCC(COCCCCCCCC/C=C/C/C=C/CCCCC)CN1CCCC1. The largest absolute Gasteiger partial charge is 0.381 e. The Labute approximate surface area is 295 Å². The van der Waals surface area contributed by atoms with Gasteiger partial charge >= 0.3 is 0 Å². The van der Waals surface area contributed by atoms with Crippen LogP contribution in [0, 0.1) is 5.92 Å². The fourth-order valence-corrected chi connectivity index (χ4v) is 6.37. The number of unbranched alkanes of at least 4 members (excludes halogenated alkanes) is 18. The molecule has 0 radical (unpaired) electrons. The number of nitrogens with zero attached hydrogens (tertiary/aromatic N) is 1. The maximum atomic E-state index is 6.18. The van der Waals surface area contributed by atoms with Gasteiger partial charge in [0.25, 0.3) is 0 Å². The molecule has 0 aromatic rings. The third kappa shape index (κ3) is 33.1. The first kappa shape index (κ1) is 43.9. The van der Waals surface area contributed by atoms with Gasteiger partial charge in [-0.3, -0.25) is 0 Å². The van der Waals surface area contributed by atoms with E-state index in [1.54, 1.807) is 0 Å². The molecule has 0 bridgehead atoms. The van der Waals surface area contributed by atoms with Crippen molar-refractivity contribution in [1.82, 2.24) is 4.90 Å². The molecule has 0 aliphatic carbocycles. The number of rotatable bonds is 36. The maximum absolute atomic E-state index is 6.18. The smallest absolute Gasteiger partial charge is 0.0528 e. The number of hydrogen-bond acceptors (Lipinski definition) is 3. The van der Waals surface area contributed by atoms with Gasteiger partial charge in [-0.1, -0.05) is 140 Å². The van der Waals surface area contributed by atoms with Gasteiger partial charge in [-0.15, -0.1) is 0 Å². The van der Waals surface area contributed by atoms with E-state index in [4.69, 9.17) is 9.47 Å². The summed E-state index contributed by atoms with van der Waals surface area (Å²) >= 11 is 0. The van der Waals surface area contributed by atoms with Gasteiger partial charge in [-0.25, -0.2) is 0 Å². The summed E-state index contributed by atoms with van der Waals surface area (Å²) in [4.78, 5) is 2.62. The highest BCUT2D eigenvalue weighted by Gasteiger charge is 2.18. The zero-order valence-electron chi connectivity index (χ0n) is 31.8. The van der Waals surface area contributed by atoms with Crippen LogP contribution < -0.4 is 0 Å². The molecule has 1 unspecified atom stereocenters. The molecule has 47 heavy (non-hydrogen) atoms. The van der Waals surface area contributed by atoms with Crippen molar-refractivity contribution in [2.75, 3.05) is 46.1 Å². The molecule has 0 aromatic carbocycles. The number of ether oxygens (including phenoxy) is 2. The average Bonchev–Trinajstić information content (AvgIpc) is 3.60. The van der Waals surface area contributed by atoms with E-state index in [0.29, 0.717) is 5.92 Å². The van der Waals surface area contributed by atoms with Crippen LogP contribution in [0.1, 0.15) is 181 Å². The Morgan fingerprint density at radius 1 is 0.447 bits per heavy atom. The monoisotopic (exact) mass is 656 g/mol. The van der Waals surface area contributed by atoms with E-state index in [1.807, 2.05) is 0 Å². The second kappa shape index (κ2) is 37.7. The highest BCUT2D eigenvalue weighted by atomic mass is 16.5. The highest BCUT2D eigenvalue weighted by Crippen LogP contribution is 2.14. The standard InChI is InChI=1S/C44H81NO2/c1-3-5-7-9-11-13-15-17-19-21-23-25-27-29-31-35-39-46-42-44(41-45-37-33-34-38-45)43-47-40-36-32-30-28-26-24-22-20-18-16-14-12-10-8-6-4-2/h11-14,17-20,44H,3-10,15-16,21-43H2,1-2H3/b13-11-,14-12+,19-17-,20-18+. The quantitative estimate of drug-likeness (QED) is 0.0495. The predicted molar refractivity (Wildman–Crippen MR) is 210 cm³/mol. The molecule has 3 heteroatoms. The van der Waals surface area contributed by atoms with Crippen LogP contribution in [0.3, 0.4) is 0 Å². The van der Waals surface area contributed by atoms with Gasteiger partial charge in [0, 0.05) is 25.7 Å². The molecule has 1 heterocycles. The molecule has 1 aliphatic rings. The summed E-state index contributed by atoms with van der Waals surface area (Å²) in [6.07, 6.45) is 52.6. The molecular formula is C44H81NO2. The van der Waals surface area contributed by atoms with E-state index < -0.39 is 0 Å². The molecule has 0 spiro atoms. The summed E-state index contributed by atoms with van der Waals surface area (Å²) in [5.74, 6) is 0.516. The minimum Gasteiger partial charge on any atom is -0.381 e. The summed E-state index contributed by atoms with van der Waals surface area (Å²) in [7, 11) is 0. The van der Waals surface area contributed by atoms with Gasteiger partial charge in [0.05, 0.1) is 13.2 Å². The number of hydrogen-bond donors (Lipinski definition) is 0. The van der Waals surface area contributed by atoms with Crippen LogP contribution in [0.4, 0.5) is 0 Å². The summed E-state index contributed by atoms with van der Waals surface area (Å²) in [5.41, 5.74) is 0. The third-order valence-electron chi connectivity index (χ3n) is 9.40. The van der Waals surface area contributed by atoms with Crippen molar-refractivity contribution in [3.63, 3.8) is 0 Å². The van der Waals surface area contributed by atoms with E-state index in [2.05, 4.69) is 67.4 Å². The Hall–Kier alpha value is -1.16. The number of likely N-dealkylation sites (tertiary alicyclic amines) is 1. The van der Waals surface area contributed by atoms with Gasteiger partial charge in [0.2, 0.25) is 0 Å². The van der Waals surface area contributed by atoms with Gasteiger partial charge < -0.3 is 14.4 Å². The van der Waals surface area contributed by atoms with Crippen molar-refractivity contribution >= 4 is 0 Å².